The summed E-state index contributed by atoms with van der Waals surface area (Å²) in [6.07, 6.45) is 6.48. The second-order valence-corrected chi connectivity index (χ2v) is 12.6. The van der Waals surface area contributed by atoms with Crippen LogP contribution in [-0.4, -0.2) is 0 Å². The van der Waals surface area contributed by atoms with E-state index in [9.17, 15) is 0 Å². The van der Waals surface area contributed by atoms with Gasteiger partial charge in [0.25, 0.3) is 0 Å². The minimum atomic E-state index is 0.0715. The van der Waals surface area contributed by atoms with Gasteiger partial charge in [-0.25, -0.2) is 0 Å². The Labute approximate surface area is 247 Å². The zero-order valence-electron chi connectivity index (χ0n) is 24.8. The first kappa shape index (κ1) is 25.2. The van der Waals surface area contributed by atoms with Gasteiger partial charge in [-0.05, 0) is 85.2 Å². The molecule has 0 saturated heterocycles. The average Bonchev–Trinajstić information content (AvgIpc) is 3.38. The van der Waals surface area contributed by atoms with Crippen LogP contribution in [0.2, 0.25) is 0 Å². The fourth-order valence-electron chi connectivity index (χ4n) is 7.44. The molecule has 2 atom stereocenters. The molecule has 5 heterocycles. The molecule has 0 fully saturated rings. The van der Waals surface area contributed by atoms with Gasteiger partial charge in [0, 0.05) is 35.0 Å². The maximum atomic E-state index is 6.72. The summed E-state index contributed by atoms with van der Waals surface area (Å²) in [6.45, 7) is 13.7. The highest BCUT2D eigenvalue weighted by atomic mass is 16.3. The number of allylic oxidation sites excluding steroid dienone is 1. The van der Waals surface area contributed by atoms with Crippen molar-refractivity contribution in [2.45, 2.75) is 58.4 Å². The molecule has 6 aromatic rings. The molecule has 3 nitrogen and oxygen atoms in total. The van der Waals surface area contributed by atoms with E-state index in [1.54, 1.807) is 0 Å². The van der Waals surface area contributed by atoms with Crippen molar-refractivity contribution in [3.63, 3.8) is 0 Å². The van der Waals surface area contributed by atoms with Crippen LogP contribution < -0.4 is 9.13 Å². The van der Waals surface area contributed by atoms with Gasteiger partial charge in [-0.3, -0.25) is 0 Å². The monoisotopic (exact) mass is 548 g/mol. The molecule has 0 bridgehead atoms. The molecule has 0 spiro atoms. The normalized spacial score (nSPS) is 17.6. The number of hydrogen-bond donors (Lipinski definition) is 0. The maximum Gasteiger partial charge on any atom is 0.249 e. The Balaban J connectivity index is 1.42. The van der Waals surface area contributed by atoms with Gasteiger partial charge in [-0.1, -0.05) is 50.2 Å². The first-order chi connectivity index (χ1) is 20.4. The molecule has 2 aliphatic rings. The highest BCUT2D eigenvalue weighted by Gasteiger charge is 2.47. The Hall–Kier alpha value is -4.50. The number of benzene rings is 3. The molecule has 0 aliphatic carbocycles. The summed E-state index contributed by atoms with van der Waals surface area (Å²) in [7, 11) is 0. The van der Waals surface area contributed by atoms with Gasteiger partial charge in [0.1, 0.15) is 11.2 Å². The average molecular weight is 549 g/mol. The summed E-state index contributed by atoms with van der Waals surface area (Å²) < 4.78 is 11.5. The lowest BCUT2D eigenvalue weighted by molar-refractivity contribution is -0.727. The van der Waals surface area contributed by atoms with Crippen LogP contribution in [0, 0.1) is 13.8 Å². The Morgan fingerprint density at radius 1 is 0.833 bits per heavy atom. The molecule has 3 heteroatoms. The fourth-order valence-corrected chi connectivity index (χ4v) is 7.44. The van der Waals surface area contributed by atoms with Crippen molar-refractivity contribution in [2.24, 2.45) is 0 Å². The van der Waals surface area contributed by atoms with E-state index in [4.69, 9.17) is 11.0 Å². The number of aromatic nitrogens is 2. The van der Waals surface area contributed by atoms with Crippen LogP contribution in [-0.2, 0) is 6.42 Å². The van der Waals surface area contributed by atoms with Gasteiger partial charge in [-0.2, -0.15) is 9.13 Å². The van der Waals surface area contributed by atoms with Crippen molar-refractivity contribution >= 4 is 27.6 Å². The van der Waals surface area contributed by atoms with Gasteiger partial charge in [0.2, 0.25) is 23.1 Å². The van der Waals surface area contributed by atoms with Gasteiger partial charge in [-0.15, -0.1) is 0 Å². The van der Waals surface area contributed by atoms with Crippen molar-refractivity contribution < 1.29 is 13.6 Å². The van der Waals surface area contributed by atoms with Crippen LogP contribution in [0.15, 0.2) is 102 Å². The lowest BCUT2D eigenvalue weighted by Gasteiger charge is -2.29. The van der Waals surface area contributed by atoms with Gasteiger partial charge in [0.15, 0.2) is 12.4 Å². The number of fused-ring (bicyclic) bond motifs is 13. The van der Waals surface area contributed by atoms with Gasteiger partial charge < -0.3 is 4.42 Å². The van der Waals surface area contributed by atoms with Crippen molar-refractivity contribution in [3.8, 4) is 22.5 Å². The van der Waals surface area contributed by atoms with Crippen LogP contribution >= 0.6 is 0 Å². The summed E-state index contributed by atoms with van der Waals surface area (Å²) in [5.74, 6) is 0.710. The molecule has 206 valence electrons. The summed E-state index contributed by atoms with van der Waals surface area (Å²) in [5.41, 5.74) is 14.6. The molecule has 8 rings (SSSR count). The minimum Gasteiger partial charge on any atom is -0.455 e. The third-order valence-corrected chi connectivity index (χ3v) is 9.62. The van der Waals surface area contributed by atoms with E-state index in [-0.39, 0.29) is 12.0 Å². The second kappa shape index (κ2) is 9.25. The maximum absolute atomic E-state index is 6.72. The van der Waals surface area contributed by atoms with Gasteiger partial charge >= 0.3 is 0 Å². The standard InChI is InChI=1S/C39H36N2O/c1-23(2)28-11-10-27-12-14-31-30-15-16-32-29-13-9-24(3)21-36(29)42-39(32)37(30)35-20-25(4)17-19-41(35)38(31)26(5)40-18-7-6-8-34(40)33(27)22-28/h6-11,13,15-23,31,38H,5,12,14H2,1-4H3/q+2. The molecule has 0 amide bonds. The number of nitrogens with zero attached hydrogens (tertiary/aromatic N) is 2. The smallest absolute Gasteiger partial charge is 0.249 e. The first-order valence-electron chi connectivity index (χ1n) is 15.2. The van der Waals surface area contributed by atoms with E-state index in [0.717, 1.165) is 29.7 Å². The molecule has 3 aromatic heterocycles. The summed E-state index contributed by atoms with van der Waals surface area (Å²) in [5, 5.41) is 2.36. The van der Waals surface area contributed by atoms with E-state index in [0.29, 0.717) is 5.92 Å². The zero-order valence-corrected chi connectivity index (χ0v) is 24.8. The number of pyridine rings is 2. The lowest BCUT2D eigenvalue weighted by atomic mass is 9.78. The predicted octanol–water partition coefficient (Wildman–Crippen LogP) is 8.99. The highest BCUT2D eigenvalue weighted by molar-refractivity contribution is 6.10. The molecule has 0 N–H and O–H groups in total. The van der Waals surface area contributed by atoms with E-state index in [2.05, 4.69) is 128 Å². The second-order valence-electron chi connectivity index (χ2n) is 12.6. The lowest BCUT2D eigenvalue weighted by Crippen LogP contribution is -2.53. The molecule has 0 radical (unpaired) electrons. The molecule has 2 aliphatic heterocycles. The molecular weight excluding hydrogens is 512 g/mol. The number of furan rings is 1. The number of hydrogen-bond acceptors (Lipinski definition) is 1. The Bertz CT molecular complexity index is 2080. The molecular formula is C39H36N2O+2. The van der Waals surface area contributed by atoms with E-state index < -0.39 is 0 Å². The Kier molecular flexibility index (Phi) is 5.56. The minimum absolute atomic E-state index is 0.0715. The first-order valence-corrected chi connectivity index (χ1v) is 15.2. The highest BCUT2D eigenvalue weighted by Crippen LogP contribution is 2.48. The van der Waals surface area contributed by atoms with Crippen LogP contribution in [0.4, 0.5) is 0 Å². The van der Waals surface area contributed by atoms with Crippen LogP contribution in [0.3, 0.4) is 0 Å². The summed E-state index contributed by atoms with van der Waals surface area (Å²) in [4.78, 5) is 0. The summed E-state index contributed by atoms with van der Waals surface area (Å²) >= 11 is 0. The van der Waals surface area contributed by atoms with Gasteiger partial charge in [0.05, 0.1) is 17.0 Å². The Morgan fingerprint density at radius 2 is 1.67 bits per heavy atom. The number of aryl methyl sites for hydroxylation is 3. The largest absolute Gasteiger partial charge is 0.455 e. The molecule has 2 unspecified atom stereocenters. The van der Waals surface area contributed by atoms with Crippen molar-refractivity contribution in [1.29, 1.82) is 0 Å². The zero-order chi connectivity index (χ0) is 28.7. The SMILES string of the molecule is C=C1C2C(CCc3ccc(C(C)C)cc3-c3cccc[n+]31)c1ccc3c(oc4cc(C)ccc43)c1-c1cc(C)cc[n+]12. The van der Waals surface area contributed by atoms with Crippen molar-refractivity contribution in [2.75, 3.05) is 0 Å². The number of rotatable bonds is 1. The van der Waals surface area contributed by atoms with E-state index in [1.165, 1.54) is 61.1 Å². The Morgan fingerprint density at radius 3 is 2.52 bits per heavy atom. The summed E-state index contributed by atoms with van der Waals surface area (Å²) in [6, 6.07) is 29.5. The van der Waals surface area contributed by atoms with Crippen LogP contribution in [0.1, 0.15) is 66.0 Å². The quantitative estimate of drug-likeness (QED) is 0.188. The topological polar surface area (TPSA) is 20.9 Å². The van der Waals surface area contributed by atoms with Crippen molar-refractivity contribution in [1.82, 2.24) is 0 Å². The van der Waals surface area contributed by atoms with E-state index in [1.807, 2.05) is 0 Å². The van der Waals surface area contributed by atoms with Crippen LogP contribution in [0.5, 0.6) is 0 Å². The molecule has 3 aromatic carbocycles. The predicted molar refractivity (Wildman–Crippen MR) is 170 cm³/mol. The van der Waals surface area contributed by atoms with Crippen LogP contribution in [0.25, 0.3) is 50.2 Å². The molecule has 42 heavy (non-hydrogen) atoms. The molecule has 0 saturated carbocycles. The third kappa shape index (κ3) is 3.66. The van der Waals surface area contributed by atoms with E-state index >= 15 is 0 Å². The van der Waals surface area contributed by atoms with Crippen molar-refractivity contribution in [3.05, 3.63) is 126 Å². The fraction of sp³-hybridized carbons (Fsp3) is 0.231. The third-order valence-electron chi connectivity index (χ3n) is 9.62.